The van der Waals surface area contributed by atoms with Gasteiger partial charge in [-0.2, -0.15) is 0 Å². The molecule has 5 nitrogen and oxygen atoms in total. The fourth-order valence-electron chi connectivity index (χ4n) is 10.0. The Morgan fingerprint density at radius 3 is 0.871 bits per heavy atom. The van der Waals surface area contributed by atoms with E-state index in [1.807, 2.05) is 6.08 Å². The highest BCUT2D eigenvalue weighted by molar-refractivity contribution is 5.80. The van der Waals surface area contributed by atoms with Gasteiger partial charge in [-0.15, -0.1) is 0 Å². The van der Waals surface area contributed by atoms with E-state index in [1.165, 1.54) is 289 Å². The summed E-state index contributed by atoms with van der Waals surface area (Å²) in [5.41, 5.74) is 0. The number of aliphatic hydroxyl groups is 3. The molecule has 414 valence electrons. The van der Waals surface area contributed by atoms with Gasteiger partial charge in [0.05, 0.1) is 18.8 Å². The SMILES string of the molecule is CCCCCCCCCCCCCCCC/C=C\CCCCCCCCCCCCCCCCCCC(O)C(=O)NC(CO)C(O)/C=C/CC/C=C/CCCCCCCCCCCCCCCCCC. The molecular formula is C65H125NO4. The Bertz CT molecular complexity index is 1090. The summed E-state index contributed by atoms with van der Waals surface area (Å²) >= 11 is 0. The zero-order chi connectivity index (χ0) is 50.7. The molecule has 0 saturated carbocycles. The lowest BCUT2D eigenvalue weighted by atomic mass is 10.0. The minimum atomic E-state index is -1.11. The molecule has 0 saturated heterocycles. The molecule has 4 N–H and O–H groups in total. The van der Waals surface area contributed by atoms with Crippen LogP contribution in [0.5, 0.6) is 0 Å². The molecule has 0 aromatic heterocycles. The second kappa shape index (κ2) is 60.1. The third-order valence-corrected chi connectivity index (χ3v) is 15.0. The molecular weight excluding hydrogens is 859 g/mol. The highest BCUT2D eigenvalue weighted by Gasteiger charge is 2.22. The first-order valence-corrected chi connectivity index (χ1v) is 31.8. The van der Waals surface area contributed by atoms with Gasteiger partial charge in [0.1, 0.15) is 6.10 Å². The third kappa shape index (κ3) is 54.3. The van der Waals surface area contributed by atoms with Crippen molar-refractivity contribution in [2.75, 3.05) is 6.61 Å². The molecule has 5 heteroatoms. The molecule has 70 heavy (non-hydrogen) atoms. The van der Waals surface area contributed by atoms with Crippen molar-refractivity contribution >= 4 is 5.91 Å². The van der Waals surface area contributed by atoms with Crippen LogP contribution in [0, 0.1) is 0 Å². The zero-order valence-corrected chi connectivity index (χ0v) is 47.4. The van der Waals surface area contributed by atoms with Crippen molar-refractivity contribution in [1.29, 1.82) is 0 Å². The number of rotatable bonds is 59. The van der Waals surface area contributed by atoms with Crippen LogP contribution in [0.25, 0.3) is 0 Å². The summed E-state index contributed by atoms with van der Waals surface area (Å²) in [4.78, 5) is 12.6. The van der Waals surface area contributed by atoms with Gasteiger partial charge in [-0.05, 0) is 57.8 Å². The van der Waals surface area contributed by atoms with Gasteiger partial charge in [-0.3, -0.25) is 4.79 Å². The maximum atomic E-state index is 12.6. The van der Waals surface area contributed by atoms with Crippen molar-refractivity contribution in [3.8, 4) is 0 Å². The molecule has 3 unspecified atom stereocenters. The normalized spacial score (nSPS) is 13.4. The molecule has 0 aliphatic heterocycles. The van der Waals surface area contributed by atoms with Crippen LogP contribution < -0.4 is 5.32 Å². The van der Waals surface area contributed by atoms with Crippen molar-refractivity contribution in [3.05, 3.63) is 36.5 Å². The number of allylic oxidation sites excluding steroid dienone is 5. The van der Waals surface area contributed by atoms with Crippen LogP contribution in [-0.4, -0.2) is 46.1 Å². The monoisotopic (exact) mass is 984 g/mol. The Hall–Kier alpha value is -1.43. The topological polar surface area (TPSA) is 89.8 Å². The minimum Gasteiger partial charge on any atom is -0.394 e. The van der Waals surface area contributed by atoms with Gasteiger partial charge in [-0.1, -0.05) is 326 Å². The average Bonchev–Trinajstić information content (AvgIpc) is 3.36. The largest absolute Gasteiger partial charge is 0.394 e. The number of amides is 1. The summed E-state index contributed by atoms with van der Waals surface area (Å²) in [5.74, 6) is -0.507. The predicted octanol–water partition coefficient (Wildman–Crippen LogP) is 20.2. The lowest BCUT2D eigenvalue weighted by Crippen LogP contribution is -2.48. The Kier molecular flexibility index (Phi) is 58.9. The van der Waals surface area contributed by atoms with E-state index in [2.05, 4.69) is 43.5 Å². The van der Waals surface area contributed by atoms with Gasteiger partial charge < -0.3 is 20.6 Å². The molecule has 0 fully saturated rings. The quantitative estimate of drug-likeness (QED) is 0.0361. The Morgan fingerprint density at radius 1 is 0.343 bits per heavy atom. The number of hydrogen-bond acceptors (Lipinski definition) is 4. The van der Waals surface area contributed by atoms with Crippen LogP contribution >= 0.6 is 0 Å². The first-order valence-electron chi connectivity index (χ1n) is 31.8. The van der Waals surface area contributed by atoms with Crippen LogP contribution in [0.15, 0.2) is 36.5 Å². The van der Waals surface area contributed by atoms with Gasteiger partial charge in [0, 0.05) is 0 Å². The second-order valence-corrected chi connectivity index (χ2v) is 22.0. The maximum Gasteiger partial charge on any atom is 0.249 e. The second-order valence-electron chi connectivity index (χ2n) is 22.0. The molecule has 0 radical (unpaired) electrons. The Labute approximate surface area is 438 Å². The smallest absolute Gasteiger partial charge is 0.249 e. The highest BCUT2D eigenvalue weighted by atomic mass is 16.3. The molecule has 0 heterocycles. The summed E-state index contributed by atoms with van der Waals surface area (Å²) < 4.78 is 0. The standard InChI is InChI=1S/C65H125NO4/c1-3-5-7-9-11-13-15-17-19-21-23-25-27-28-29-30-31-32-33-34-35-36-37-38-40-42-44-46-48-50-52-54-56-58-60-64(69)65(70)66-62(61-67)63(68)59-57-55-53-51-49-47-45-43-41-39-26-24-22-20-18-16-14-12-10-8-6-4-2/h30-31,49,51,57,59,62-64,67-69H,3-29,32-48,50,52-56,58,60-61H2,1-2H3,(H,66,70)/b31-30-,51-49+,59-57+. The number of aliphatic hydroxyl groups excluding tert-OH is 3. The van der Waals surface area contributed by atoms with E-state index in [1.54, 1.807) is 6.08 Å². The van der Waals surface area contributed by atoms with E-state index in [0.717, 1.165) is 38.5 Å². The van der Waals surface area contributed by atoms with Crippen LogP contribution in [-0.2, 0) is 4.79 Å². The predicted molar refractivity (Wildman–Crippen MR) is 310 cm³/mol. The molecule has 0 bridgehead atoms. The summed E-state index contributed by atoms with van der Waals surface area (Å²) in [5, 5.41) is 33.4. The van der Waals surface area contributed by atoms with Gasteiger partial charge >= 0.3 is 0 Å². The van der Waals surface area contributed by atoms with Crippen LogP contribution in [0.3, 0.4) is 0 Å². The van der Waals surface area contributed by atoms with Gasteiger partial charge in [0.15, 0.2) is 0 Å². The summed E-state index contributed by atoms with van der Waals surface area (Å²) in [7, 11) is 0. The van der Waals surface area contributed by atoms with Crippen molar-refractivity contribution in [2.45, 2.75) is 366 Å². The van der Waals surface area contributed by atoms with Gasteiger partial charge in [0.25, 0.3) is 0 Å². The molecule has 3 atom stereocenters. The number of carbonyl (C=O) groups is 1. The van der Waals surface area contributed by atoms with Crippen LogP contribution in [0.1, 0.15) is 348 Å². The number of nitrogens with one attached hydrogen (secondary N) is 1. The number of unbranched alkanes of at least 4 members (excludes halogenated alkanes) is 47. The Balaban J connectivity index is 3.53. The molecule has 0 aliphatic carbocycles. The fourth-order valence-corrected chi connectivity index (χ4v) is 10.0. The van der Waals surface area contributed by atoms with Crippen LogP contribution in [0.2, 0.25) is 0 Å². The highest BCUT2D eigenvalue weighted by Crippen LogP contribution is 2.18. The first kappa shape index (κ1) is 68.6. The number of hydrogen-bond donors (Lipinski definition) is 4. The third-order valence-electron chi connectivity index (χ3n) is 15.0. The first-order chi connectivity index (χ1) is 34.6. The van der Waals surface area contributed by atoms with Crippen molar-refractivity contribution < 1.29 is 20.1 Å². The molecule has 0 rings (SSSR count). The molecule has 0 aromatic rings. The molecule has 0 aromatic carbocycles. The average molecular weight is 985 g/mol. The van der Waals surface area contributed by atoms with E-state index < -0.39 is 24.2 Å². The molecule has 0 aliphatic rings. The van der Waals surface area contributed by atoms with Crippen LogP contribution in [0.4, 0.5) is 0 Å². The van der Waals surface area contributed by atoms with Crippen molar-refractivity contribution in [2.24, 2.45) is 0 Å². The maximum absolute atomic E-state index is 12.6. The Morgan fingerprint density at radius 2 is 0.586 bits per heavy atom. The van der Waals surface area contributed by atoms with Gasteiger partial charge in [-0.25, -0.2) is 0 Å². The van der Waals surface area contributed by atoms with E-state index in [9.17, 15) is 20.1 Å². The summed E-state index contributed by atoms with van der Waals surface area (Å²) in [6.07, 6.45) is 79.8. The van der Waals surface area contributed by atoms with E-state index in [4.69, 9.17) is 0 Å². The zero-order valence-electron chi connectivity index (χ0n) is 47.4. The number of carbonyl (C=O) groups excluding carboxylic acids is 1. The minimum absolute atomic E-state index is 0.374. The van der Waals surface area contributed by atoms with Gasteiger partial charge in [0.2, 0.25) is 5.91 Å². The lowest BCUT2D eigenvalue weighted by molar-refractivity contribution is -0.131. The lowest BCUT2D eigenvalue weighted by Gasteiger charge is -2.21. The fraction of sp³-hybridized carbons (Fsp3) is 0.892. The van der Waals surface area contributed by atoms with E-state index in [-0.39, 0.29) is 6.61 Å². The molecule has 0 spiro atoms. The van der Waals surface area contributed by atoms with E-state index >= 15 is 0 Å². The van der Waals surface area contributed by atoms with Crippen molar-refractivity contribution in [3.63, 3.8) is 0 Å². The van der Waals surface area contributed by atoms with E-state index in [0.29, 0.717) is 6.42 Å². The summed E-state index contributed by atoms with van der Waals surface area (Å²) in [6.45, 7) is 4.21. The molecule has 1 amide bonds. The summed E-state index contributed by atoms with van der Waals surface area (Å²) in [6, 6.07) is -0.815. The van der Waals surface area contributed by atoms with Crippen molar-refractivity contribution in [1.82, 2.24) is 5.32 Å².